The van der Waals surface area contributed by atoms with E-state index in [1.807, 2.05) is 0 Å². The van der Waals surface area contributed by atoms with Gasteiger partial charge in [0.25, 0.3) is 5.91 Å². The highest BCUT2D eigenvalue weighted by Gasteiger charge is 2.38. The Bertz CT molecular complexity index is 1560. The molecular formula is C24H18BrF3N6O3. The van der Waals surface area contributed by atoms with Gasteiger partial charge in [-0.15, -0.1) is 0 Å². The minimum atomic E-state index is -4.47. The molecule has 0 amide bonds. The summed E-state index contributed by atoms with van der Waals surface area (Å²) in [6, 6.07) is 4.53. The smallest absolute Gasteiger partial charge is 0.422 e. The molecule has 9 nitrogen and oxygen atoms in total. The highest BCUT2D eigenvalue weighted by Crippen LogP contribution is 2.48. The van der Waals surface area contributed by atoms with Crippen molar-refractivity contribution >= 4 is 44.7 Å². The Morgan fingerprint density at radius 1 is 1.05 bits per heavy atom. The summed E-state index contributed by atoms with van der Waals surface area (Å²) in [7, 11) is 0. The molecular weight excluding hydrogens is 557 g/mol. The number of nitrogens with one attached hydrogen (secondary N) is 1. The van der Waals surface area contributed by atoms with E-state index in [0.29, 0.717) is 16.6 Å². The summed E-state index contributed by atoms with van der Waals surface area (Å²) in [6.45, 7) is 0.255. The zero-order valence-corrected chi connectivity index (χ0v) is 20.7. The number of nitrogens with zero attached hydrogens (tertiary/aromatic N) is 5. The van der Waals surface area contributed by atoms with E-state index in [-0.39, 0.29) is 24.1 Å². The molecule has 0 fully saturated rings. The first kappa shape index (κ1) is 23.6. The zero-order chi connectivity index (χ0) is 26.1. The van der Waals surface area contributed by atoms with Crippen molar-refractivity contribution in [3.8, 4) is 22.3 Å². The molecule has 0 saturated carbocycles. The molecule has 2 aliphatic rings. The largest absolute Gasteiger partial charge is 0.471 e. The number of alkyl halides is 4. The molecule has 0 bridgehead atoms. The molecule has 1 aliphatic carbocycles. The van der Waals surface area contributed by atoms with Gasteiger partial charge in [-0.05, 0) is 31.5 Å². The minimum absolute atomic E-state index is 0.0515. The van der Waals surface area contributed by atoms with Crippen LogP contribution < -0.4 is 0 Å². The van der Waals surface area contributed by atoms with Crippen LogP contribution in [0.3, 0.4) is 0 Å². The molecule has 4 aromatic rings. The number of ether oxygens (including phenoxy) is 1. The Balaban J connectivity index is 1.18. The number of benzene rings is 1. The predicted molar refractivity (Wildman–Crippen MR) is 131 cm³/mol. The van der Waals surface area contributed by atoms with Crippen molar-refractivity contribution in [1.82, 2.24) is 24.5 Å². The molecule has 0 spiro atoms. The van der Waals surface area contributed by atoms with E-state index in [0.717, 1.165) is 22.3 Å². The van der Waals surface area contributed by atoms with Gasteiger partial charge in [-0.25, -0.2) is 0 Å². The van der Waals surface area contributed by atoms with Crippen LogP contribution >= 0.6 is 15.9 Å². The maximum atomic E-state index is 13.3. The SMILES string of the molecule is CC1N=C(OCC(F)(F)F)[C@H](Br)CC1C(=O)n1cc2c(c1)-c1cn(C(=O)c3ccc4n[nH]nc4c3)cc1-2. The summed E-state index contributed by atoms with van der Waals surface area (Å²) < 4.78 is 45.4. The standard InChI is InChI=1S/C24H18BrF3N6O3/c1-11-13(5-18(25)21(29-11)37-10-24(26,27)28)23(36)34-8-16-14-6-33(7-15(14)17(16)9-34)22(35)12-2-3-19-20(4-12)31-32-30-19/h2-4,6-9,11,13,18H,5,10H2,1H3,(H,30,31,32)/t11?,13?,18-/m1/s1. The zero-order valence-electron chi connectivity index (χ0n) is 19.2. The molecule has 0 radical (unpaired) electrons. The van der Waals surface area contributed by atoms with E-state index in [2.05, 4.69) is 36.3 Å². The molecule has 13 heteroatoms. The number of H-pyrrole nitrogens is 1. The number of halogens is 4. The Hall–Kier alpha value is -3.74. The number of aliphatic imine (C=N–C) groups is 1. The van der Waals surface area contributed by atoms with E-state index in [4.69, 9.17) is 4.74 Å². The van der Waals surface area contributed by atoms with Crippen molar-refractivity contribution < 1.29 is 27.5 Å². The molecule has 37 heavy (non-hydrogen) atoms. The molecule has 3 atom stereocenters. The quantitative estimate of drug-likeness (QED) is 0.315. The fourth-order valence-electron chi connectivity index (χ4n) is 4.75. The molecule has 1 aliphatic heterocycles. The molecule has 6 rings (SSSR count). The second kappa shape index (κ2) is 8.40. The maximum absolute atomic E-state index is 13.3. The summed E-state index contributed by atoms with van der Waals surface area (Å²) in [6.07, 6.45) is 2.67. The summed E-state index contributed by atoms with van der Waals surface area (Å²) in [5.74, 6) is -1.02. The van der Waals surface area contributed by atoms with Crippen LogP contribution in [0, 0.1) is 5.92 Å². The highest BCUT2D eigenvalue weighted by atomic mass is 79.9. The topological polar surface area (TPSA) is 107 Å². The molecule has 190 valence electrons. The fourth-order valence-corrected chi connectivity index (χ4v) is 5.40. The number of aromatic nitrogens is 5. The van der Waals surface area contributed by atoms with Gasteiger partial charge in [-0.2, -0.15) is 28.6 Å². The third-order valence-corrected chi connectivity index (χ3v) is 7.39. The van der Waals surface area contributed by atoms with E-state index < -0.39 is 29.6 Å². The van der Waals surface area contributed by atoms with Gasteiger partial charge in [0.2, 0.25) is 5.91 Å². The van der Waals surface area contributed by atoms with Crippen LogP contribution in [0.5, 0.6) is 0 Å². The number of aromatic amines is 1. The van der Waals surface area contributed by atoms with Crippen molar-refractivity contribution in [1.29, 1.82) is 0 Å². The fraction of sp³-hybridized carbons (Fsp3) is 0.292. The Labute approximate surface area is 215 Å². The van der Waals surface area contributed by atoms with E-state index >= 15 is 0 Å². The van der Waals surface area contributed by atoms with Crippen molar-refractivity contribution in [3.05, 3.63) is 48.5 Å². The van der Waals surface area contributed by atoms with Gasteiger partial charge < -0.3 is 4.74 Å². The average Bonchev–Trinajstić information content (AvgIpc) is 3.56. The predicted octanol–water partition coefficient (Wildman–Crippen LogP) is 4.69. The van der Waals surface area contributed by atoms with Gasteiger partial charge in [-0.1, -0.05) is 15.9 Å². The van der Waals surface area contributed by atoms with Gasteiger partial charge in [0.1, 0.15) is 11.0 Å². The van der Waals surface area contributed by atoms with Gasteiger partial charge in [0, 0.05) is 52.6 Å². The van der Waals surface area contributed by atoms with Crippen LogP contribution in [0.1, 0.15) is 28.5 Å². The number of carbonyl (C=O) groups is 2. The summed E-state index contributed by atoms with van der Waals surface area (Å²) >= 11 is 3.30. The van der Waals surface area contributed by atoms with Crippen molar-refractivity contribution in [2.24, 2.45) is 10.9 Å². The molecule has 2 unspecified atom stereocenters. The second-order valence-electron chi connectivity index (χ2n) is 9.08. The number of rotatable bonds is 3. The molecule has 3 aromatic heterocycles. The molecule has 1 N–H and O–H groups in total. The van der Waals surface area contributed by atoms with Crippen LogP contribution in [0.25, 0.3) is 33.3 Å². The van der Waals surface area contributed by atoms with Crippen LogP contribution in [-0.2, 0) is 4.74 Å². The van der Waals surface area contributed by atoms with Gasteiger partial charge >= 0.3 is 6.18 Å². The van der Waals surface area contributed by atoms with Gasteiger partial charge in [0.15, 0.2) is 12.5 Å². The first-order valence-corrected chi connectivity index (χ1v) is 12.3. The summed E-state index contributed by atoms with van der Waals surface area (Å²) in [5, 5.41) is 10.5. The maximum Gasteiger partial charge on any atom is 0.422 e. The number of hydrogen-bond acceptors (Lipinski definition) is 6. The number of carbonyl (C=O) groups excluding carboxylic acids is 2. The van der Waals surface area contributed by atoms with E-state index in [9.17, 15) is 22.8 Å². The van der Waals surface area contributed by atoms with Crippen molar-refractivity contribution in [2.75, 3.05) is 6.61 Å². The average molecular weight is 575 g/mol. The lowest BCUT2D eigenvalue weighted by Gasteiger charge is -2.29. The monoisotopic (exact) mass is 574 g/mol. The van der Waals surface area contributed by atoms with Gasteiger partial charge in [0.05, 0.1) is 16.8 Å². The normalized spacial score (nSPS) is 20.7. The van der Waals surface area contributed by atoms with Crippen LogP contribution in [0.2, 0.25) is 0 Å². The second-order valence-corrected chi connectivity index (χ2v) is 10.2. The van der Waals surface area contributed by atoms with Crippen LogP contribution in [0.15, 0.2) is 48.0 Å². The first-order valence-electron chi connectivity index (χ1n) is 11.3. The van der Waals surface area contributed by atoms with Crippen molar-refractivity contribution in [2.45, 2.75) is 30.4 Å². The van der Waals surface area contributed by atoms with E-state index in [1.165, 1.54) is 9.13 Å². The number of hydrogen-bond donors (Lipinski definition) is 1. The summed E-state index contributed by atoms with van der Waals surface area (Å²) in [5.41, 5.74) is 5.13. The Kier molecular flexibility index (Phi) is 5.37. The Morgan fingerprint density at radius 3 is 2.32 bits per heavy atom. The lowest BCUT2D eigenvalue weighted by atomic mass is 9.88. The van der Waals surface area contributed by atoms with Crippen LogP contribution in [-0.4, -0.2) is 65.9 Å². The lowest BCUT2D eigenvalue weighted by Crippen LogP contribution is -2.39. The molecule has 0 saturated heterocycles. The molecule has 1 aromatic carbocycles. The lowest BCUT2D eigenvalue weighted by molar-refractivity contribution is -0.156. The Morgan fingerprint density at radius 2 is 1.68 bits per heavy atom. The van der Waals surface area contributed by atoms with E-state index in [1.54, 1.807) is 49.9 Å². The van der Waals surface area contributed by atoms with Gasteiger partial charge in [-0.3, -0.25) is 23.7 Å². The number of fused-ring (bicyclic) bond motifs is 5. The van der Waals surface area contributed by atoms with Crippen molar-refractivity contribution in [3.63, 3.8) is 0 Å². The first-order chi connectivity index (χ1) is 17.6. The third kappa shape index (κ3) is 4.06. The third-order valence-electron chi connectivity index (χ3n) is 6.63. The summed E-state index contributed by atoms with van der Waals surface area (Å²) in [4.78, 5) is 29.9. The molecule has 4 heterocycles. The highest BCUT2D eigenvalue weighted by molar-refractivity contribution is 9.10. The van der Waals surface area contributed by atoms with Crippen LogP contribution in [0.4, 0.5) is 13.2 Å². The minimum Gasteiger partial charge on any atom is -0.471 e.